The molecule has 24 heavy (non-hydrogen) atoms. The van der Waals surface area contributed by atoms with Crippen molar-refractivity contribution in [3.05, 3.63) is 52.8 Å². The second kappa shape index (κ2) is 6.52. The van der Waals surface area contributed by atoms with E-state index < -0.39 is 0 Å². The molecule has 0 spiro atoms. The number of anilines is 1. The van der Waals surface area contributed by atoms with Crippen LogP contribution in [0.15, 0.2) is 35.8 Å². The largest absolute Gasteiger partial charge is 0.295 e. The van der Waals surface area contributed by atoms with Crippen molar-refractivity contribution in [2.45, 2.75) is 32.1 Å². The zero-order chi connectivity index (χ0) is 16.4. The maximum atomic E-state index is 12.7. The summed E-state index contributed by atoms with van der Waals surface area (Å²) in [5.74, 6) is -0.209. The molecule has 0 unspecified atom stereocenters. The van der Waals surface area contributed by atoms with Gasteiger partial charge in [-0.05, 0) is 37.8 Å². The van der Waals surface area contributed by atoms with Crippen LogP contribution < -0.4 is 5.32 Å². The highest BCUT2D eigenvalue weighted by molar-refractivity contribution is 7.13. The standard InChI is InChI=1S/C17H17N5OS/c23-16(19-17-20-18-11-24-17)15-13-9-5-2-6-10-14(13)22(21-15)12-7-3-1-4-8-12/h1,3-4,7-8,11H,2,5-6,9-10H2,(H,19,20,23). The molecule has 0 bridgehead atoms. The number of carbonyl (C=O) groups is 1. The minimum absolute atomic E-state index is 0.209. The Kier molecular flexibility index (Phi) is 4.08. The number of para-hydroxylation sites is 1. The third kappa shape index (κ3) is 2.82. The molecule has 1 amide bonds. The number of fused-ring (bicyclic) bond motifs is 1. The molecular formula is C17H17N5OS. The van der Waals surface area contributed by atoms with Crippen LogP contribution in [0.1, 0.15) is 41.0 Å². The predicted octanol–water partition coefficient (Wildman–Crippen LogP) is 3.25. The molecule has 0 radical (unpaired) electrons. The first-order valence-corrected chi connectivity index (χ1v) is 8.94. The highest BCUT2D eigenvalue weighted by Crippen LogP contribution is 2.27. The van der Waals surface area contributed by atoms with Gasteiger partial charge in [0.15, 0.2) is 5.69 Å². The third-order valence-corrected chi connectivity index (χ3v) is 4.83. The second-order valence-corrected chi connectivity index (χ2v) is 6.61. The van der Waals surface area contributed by atoms with Crippen molar-refractivity contribution >= 4 is 22.4 Å². The van der Waals surface area contributed by atoms with Gasteiger partial charge in [-0.15, -0.1) is 10.2 Å². The number of rotatable bonds is 3. The number of carbonyl (C=O) groups excluding carboxylic acids is 1. The van der Waals surface area contributed by atoms with E-state index in [-0.39, 0.29) is 5.91 Å². The van der Waals surface area contributed by atoms with Gasteiger partial charge >= 0.3 is 0 Å². The maximum Gasteiger partial charge on any atom is 0.278 e. The van der Waals surface area contributed by atoms with E-state index in [9.17, 15) is 4.79 Å². The van der Waals surface area contributed by atoms with Crippen LogP contribution in [0.2, 0.25) is 0 Å². The molecule has 3 aromatic rings. The van der Waals surface area contributed by atoms with Crippen LogP contribution in [0, 0.1) is 0 Å². The number of hydrogen-bond acceptors (Lipinski definition) is 5. The first-order valence-electron chi connectivity index (χ1n) is 8.06. The average molecular weight is 339 g/mol. The Labute approximate surface area is 143 Å². The molecule has 0 saturated heterocycles. The van der Waals surface area contributed by atoms with Crippen molar-refractivity contribution in [1.82, 2.24) is 20.0 Å². The van der Waals surface area contributed by atoms with E-state index in [0.717, 1.165) is 42.6 Å². The molecule has 1 aliphatic carbocycles. The van der Waals surface area contributed by atoms with Crippen molar-refractivity contribution in [2.75, 3.05) is 5.32 Å². The van der Waals surface area contributed by atoms with Crippen LogP contribution in [-0.2, 0) is 12.8 Å². The van der Waals surface area contributed by atoms with E-state index in [1.54, 1.807) is 5.51 Å². The summed E-state index contributed by atoms with van der Waals surface area (Å²) in [7, 11) is 0. The highest BCUT2D eigenvalue weighted by Gasteiger charge is 2.25. The van der Waals surface area contributed by atoms with Gasteiger partial charge < -0.3 is 0 Å². The van der Waals surface area contributed by atoms with Gasteiger partial charge in [0.2, 0.25) is 5.13 Å². The van der Waals surface area contributed by atoms with Crippen molar-refractivity contribution in [3.8, 4) is 5.69 Å². The topological polar surface area (TPSA) is 72.7 Å². The van der Waals surface area contributed by atoms with Gasteiger partial charge in [-0.25, -0.2) is 4.68 Å². The summed E-state index contributed by atoms with van der Waals surface area (Å²) in [5.41, 5.74) is 5.31. The number of amides is 1. The van der Waals surface area contributed by atoms with Gasteiger partial charge in [-0.3, -0.25) is 10.1 Å². The van der Waals surface area contributed by atoms with Crippen molar-refractivity contribution in [1.29, 1.82) is 0 Å². The van der Waals surface area contributed by atoms with Gasteiger partial charge in [0.05, 0.1) is 5.69 Å². The zero-order valence-corrected chi connectivity index (χ0v) is 13.9. The van der Waals surface area contributed by atoms with Crippen LogP contribution >= 0.6 is 11.3 Å². The van der Waals surface area contributed by atoms with Crippen molar-refractivity contribution in [3.63, 3.8) is 0 Å². The zero-order valence-electron chi connectivity index (χ0n) is 13.1. The first-order chi connectivity index (χ1) is 11.8. The Morgan fingerprint density at radius 1 is 1.12 bits per heavy atom. The summed E-state index contributed by atoms with van der Waals surface area (Å²) in [4.78, 5) is 12.7. The number of nitrogens with zero attached hydrogens (tertiary/aromatic N) is 4. The Morgan fingerprint density at radius 2 is 1.96 bits per heavy atom. The molecule has 0 atom stereocenters. The van der Waals surface area contributed by atoms with E-state index in [0.29, 0.717) is 10.8 Å². The lowest BCUT2D eigenvalue weighted by molar-refractivity contribution is 0.102. The molecule has 2 heterocycles. The second-order valence-electron chi connectivity index (χ2n) is 5.78. The van der Waals surface area contributed by atoms with Crippen molar-refractivity contribution in [2.24, 2.45) is 0 Å². The van der Waals surface area contributed by atoms with E-state index in [1.807, 2.05) is 35.0 Å². The van der Waals surface area contributed by atoms with E-state index in [4.69, 9.17) is 0 Å². The fourth-order valence-electron chi connectivity index (χ4n) is 3.12. The predicted molar refractivity (Wildman–Crippen MR) is 92.7 cm³/mol. The molecule has 1 N–H and O–H groups in total. The van der Waals surface area contributed by atoms with Crippen molar-refractivity contribution < 1.29 is 4.79 Å². The van der Waals surface area contributed by atoms with Gasteiger partial charge in [-0.2, -0.15) is 5.10 Å². The molecule has 4 rings (SSSR count). The number of benzene rings is 1. The minimum Gasteiger partial charge on any atom is -0.295 e. The Bertz CT molecular complexity index is 842. The molecule has 0 saturated carbocycles. The molecule has 0 fully saturated rings. The molecule has 0 aliphatic heterocycles. The molecule has 2 aromatic heterocycles. The number of hydrogen-bond donors (Lipinski definition) is 1. The van der Waals surface area contributed by atoms with E-state index >= 15 is 0 Å². The van der Waals surface area contributed by atoms with Crippen LogP contribution in [0.5, 0.6) is 0 Å². The lowest BCUT2D eigenvalue weighted by atomic mass is 10.1. The van der Waals surface area contributed by atoms with Crippen LogP contribution in [0.25, 0.3) is 5.69 Å². The third-order valence-electron chi connectivity index (χ3n) is 4.23. The molecule has 1 aliphatic rings. The maximum absolute atomic E-state index is 12.7. The summed E-state index contributed by atoms with van der Waals surface area (Å²) >= 11 is 1.30. The van der Waals surface area contributed by atoms with Gasteiger partial charge in [0.1, 0.15) is 5.51 Å². The van der Waals surface area contributed by atoms with Gasteiger partial charge in [0, 0.05) is 11.3 Å². The molecule has 122 valence electrons. The fourth-order valence-corrected chi connectivity index (χ4v) is 3.56. The van der Waals surface area contributed by atoms with Crippen LogP contribution in [0.3, 0.4) is 0 Å². The average Bonchev–Trinajstić information content (AvgIpc) is 3.17. The van der Waals surface area contributed by atoms with Gasteiger partial charge in [-0.1, -0.05) is 36.0 Å². The van der Waals surface area contributed by atoms with Gasteiger partial charge in [0.25, 0.3) is 5.91 Å². The first kappa shape index (κ1) is 15.0. The van der Waals surface area contributed by atoms with Crippen LogP contribution in [0.4, 0.5) is 5.13 Å². The fraction of sp³-hybridized carbons (Fsp3) is 0.294. The lowest BCUT2D eigenvalue weighted by Crippen LogP contribution is -2.15. The minimum atomic E-state index is -0.209. The lowest BCUT2D eigenvalue weighted by Gasteiger charge is -2.06. The van der Waals surface area contributed by atoms with E-state index in [1.165, 1.54) is 17.8 Å². The summed E-state index contributed by atoms with van der Waals surface area (Å²) in [6.07, 6.45) is 5.24. The summed E-state index contributed by atoms with van der Waals surface area (Å²) in [6.45, 7) is 0. The Hall–Kier alpha value is -2.54. The summed E-state index contributed by atoms with van der Waals surface area (Å²) in [5, 5.41) is 15.6. The van der Waals surface area contributed by atoms with E-state index in [2.05, 4.69) is 20.6 Å². The van der Waals surface area contributed by atoms with Crippen LogP contribution in [-0.4, -0.2) is 25.9 Å². The Morgan fingerprint density at radius 3 is 2.75 bits per heavy atom. The molecular weight excluding hydrogens is 322 g/mol. The molecule has 6 nitrogen and oxygen atoms in total. The molecule has 1 aromatic carbocycles. The highest BCUT2D eigenvalue weighted by atomic mass is 32.1. The SMILES string of the molecule is O=C(Nc1nncs1)c1nn(-c2ccccc2)c2c1CCCCC2. The number of nitrogens with one attached hydrogen (secondary N) is 1. The number of aromatic nitrogens is 4. The summed E-state index contributed by atoms with van der Waals surface area (Å²) in [6, 6.07) is 9.99. The normalized spacial score (nSPS) is 14.0. The quantitative estimate of drug-likeness (QED) is 0.744. The smallest absolute Gasteiger partial charge is 0.278 e. The molecule has 7 heteroatoms. The Balaban J connectivity index is 1.76. The summed E-state index contributed by atoms with van der Waals surface area (Å²) < 4.78 is 1.93. The monoisotopic (exact) mass is 339 g/mol.